The zero-order valence-corrected chi connectivity index (χ0v) is 15.6. The zero-order chi connectivity index (χ0) is 18.3. The number of hydrogen-bond donors (Lipinski definition) is 0. The zero-order valence-electron chi connectivity index (χ0n) is 15.6. The van der Waals surface area contributed by atoms with Crippen LogP contribution in [-0.4, -0.2) is 53.5 Å². The highest BCUT2D eigenvalue weighted by Gasteiger charge is 2.41. The first-order valence-electron chi connectivity index (χ1n) is 10.1. The quantitative estimate of drug-likeness (QED) is 0.726. The predicted octanol–water partition coefficient (Wildman–Crippen LogP) is 2.47. The Hall–Kier alpha value is -1.91. The number of likely N-dealkylation sites (tertiary alicyclic amines) is 1. The van der Waals surface area contributed by atoms with Crippen LogP contribution in [0.3, 0.4) is 0 Å². The number of carbonyl (C=O) groups is 3. The van der Waals surface area contributed by atoms with E-state index < -0.39 is 0 Å². The SMILES string of the molecule is CC(=O)N1CCC(CCC(=O)C2=CC3=C4C(CCN4CCC3)C2=O)CC1. The second-order valence-electron chi connectivity index (χ2n) is 8.18. The minimum Gasteiger partial charge on any atom is -0.374 e. The summed E-state index contributed by atoms with van der Waals surface area (Å²) in [5.74, 6) is 0.650. The minimum absolute atomic E-state index is 0.0274. The number of rotatable bonds is 4. The van der Waals surface area contributed by atoms with Crippen LogP contribution in [0.2, 0.25) is 0 Å². The van der Waals surface area contributed by atoms with Crippen molar-refractivity contribution >= 4 is 17.5 Å². The third kappa shape index (κ3) is 3.12. The Morgan fingerprint density at radius 2 is 1.88 bits per heavy atom. The predicted molar refractivity (Wildman–Crippen MR) is 98.2 cm³/mol. The van der Waals surface area contributed by atoms with Gasteiger partial charge < -0.3 is 9.80 Å². The summed E-state index contributed by atoms with van der Waals surface area (Å²) < 4.78 is 0. The van der Waals surface area contributed by atoms with E-state index in [0.29, 0.717) is 17.9 Å². The number of amides is 1. The first-order chi connectivity index (χ1) is 12.5. The normalized spacial score (nSPS) is 26.1. The lowest BCUT2D eigenvalue weighted by molar-refractivity contribution is -0.130. The number of piperidine rings is 1. The van der Waals surface area contributed by atoms with Gasteiger partial charge in [-0.05, 0) is 56.1 Å². The molecule has 26 heavy (non-hydrogen) atoms. The first-order valence-corrected chi connectivity index (χ1v) is 10.1. The molecular formula is C21H28N2O3. The van der Waals surface area contributed by atoms with Gasteiger partial charge in [0.2, 0.25) is 5.91 Å². The molecule has 0 radical (unpaired) electrons. The molecule has 1 aliphatic carbocycles. The van der Waals surface area contributed by atoms with Crippen LogP contribution in [0.25, 0.3) is 0 Å². The summed E-state index contributed by atoms with van der Waals surface area (Å²) >= 11 is 0. The van der Waals surface area contributed by atoms with Gasteiger partial charge in [0.05, 0.1) is 11.5 Å². The van der Waals surface area contributed by atoms with E-state index in [-0.39, 0.29) is 23.4 Å². The number of Topliss-reactive ketones (excluding diaryl/α,β-unsaturated/α-hetero) is 2. The first kappa shape index (κ1) is 17.5. The third-order valence-electron chi connectivity index (χ3n) is 6.60. The molecule has 1 atom stereocenters. The summed E-state index contributed by atoms with van der Waals surface area (Å²) in [6.07, 6.45) is 8.11. The molecule has 0 saturated carbocycles. The maximum Gasteiger partial charge on any atom is 0.219 e. The Labute approximate surface area is 155 Å². The van der Waals surface area contributed by atoms with Gasteiger partial charge in [-0.25, -0.2) is 0 Å². The smallest absolute Gasteiger partial charge is 0.219 e. The van der Waals surface area contributed by atoms with E-state index in [1.165, 1.54) is 11.3 Å². The molecule has 0 aromatic carbocycles. The topological polar surface area (TPSA) is 57.7 Å². The summed E-state index contributed by atoms with van der Waals surface area (Å²) in [6.45, 7) is 5.22. The summed E-state index contributed by atoms with van der Waals surface area (Å²) in [7, 11) is 0. The fourth-order valence-corrected chi connectivity index (χ4v) is 5.07. The Morgan fingerprint density at radius 3 is 2.62 bits per heavy atom. The van der Waals surface area contributed by atoms with Crippen LogP contribution in [0.15, 0.2) is 22.9 Å². The Kier molecular flexibility index (Phi) is 4.72. The molecule has 0 aromatic rings. The van der Waals surface area contributed by atoms with Gasteiger partial charge in [-0.15, -0.1) is 0 Å². The van der Waals surface area contributed by atoms with E-state index in [0.717, 1.165) is 64.7 Å². The molecule has 0 spiro atoms. The van der Waals surface area contributed by atoms with E-state index >= 15 is 0 Å². The fourth-order valence-electron chi connectivity index (χ4n) is 5.07. The maximum absolute atomic E-state index is 12.9. The van der Waals surface area contributed by atoms with Crippen molar-refractivity contribution in [3.05, 3.63) is 22.9 Å². The summed E-state index contributed by atoms with van der Waals surface area (Å²) in [5.41, 5.74) is 2.91. The molecule has 2 saturated heterocycles. The molecule has 1 unspecified atom stereocenters. The van der Waals surface area contributed by atoms with Crippen molar-refractivity contribution in [1.29, 1.82) is 0 Å². The highest BCUT2D eigenvalue weighted by molar-refractivity contribution is 6.22. The van der Waals surface area contributed by atoms with Gasteiger partial charge in [0.15, 0.2) is 11.6 Å². The van der Waals surface area contributed by atoms with Gasteiger partial charge >= 0.3 is 0 Å². The Morgan fingerprint density at radius 1 is 1.12 bits per heavy atom. The van der Waals surface area contributed by atoms with Gasteiger partial charge in [0.25, 0.3) is 0 Å². The molecule has 3 aliphatic heterocycles. The van der Waals surface area contributed by atoms with Gasteiger partial charge in [0, 0.05) is 45.2 Å². The monoisotopic (exact) mass is 356 g/mol. The molecule has 3 heterocycles. The maximum atomic E-state index is 12.9. The van der Waals surface area contributed by atoms with Crippen molar-refractivity contribution < 1.29 is 14.4 Å². The Bertz CT molecular complexity index is 698. The standard InChI is InChI=1S/C21H28N2O3/c1-14(24)22-10-6-15(7-11-22)4-5-19(25)18-13-16-3-2-9-23-12-8-17(20(16)23)21(18)26/h13,15,17H,2-12H2,1H3. The third-order valence-corrected chi connectivity index (χ3v) is 6.60. The number of nitrogens with zero attached hydrogens (tertiary/aromatic N) is 2. The molecule has 5 nitrogen and oxygen atoms in total. The van der Waals surface area contributed by atoms with Crippen molar-refractivity contribution in [1.82, 2.24) is 9.80 Å². The van der Waals surface area contributed by atoms with Gasteiger partial charge in [0.1, 0.15) is 0 Å². The number of carbonyl (C=O) groups excluding carboxylic acids is 3. The van der Waals surface area contributed by atoms with Crippen molar-refractivity contribution in [3.63, 3.8) is 0 Å². The van der Waals surface area contributed by atoms with E-state index in [9.17, 15) is 14.4 Å². The van der Waals surface area contributed by atoms with Gasteiger partial charge in [-0.2, -0.15) is 0 Å². The van der Waals surface area contributed by atoms with Crippen LogP contribution < -0.4 is 0 Å². The van der Waals surface area contributed by atoms with Gasteiger partial charge in [-0.1, -0.05) is 0 Å². The molecule has 4 rings (SSSR count). The molecule has 2 fully saturated rings. The average Bonchev–Trinajstić information content (AvgIpc) is 3.09. The van der Waals surface area contributed by atoms with Crippen LogP contribution in [0.1, 0.15) is 51.9 Å². The molecule has 0 N–H and O–H groups in total. The summed E-state index contributed by atoms with van der Waals surface area (Å²) in [5, 5.41) is 0. The van der Waals surface area contributed by atoms with Crippen LogP contribution >= 0.6 is 0 Å². The lowest BCUT2D eigenvalue weighted by Crippen LogP contribution is -2.37. The van der Waals surface area contributed by atoms with Crippen molar-refractivity contribution in [2.24, 2.45) is 11.8 Å². The average molecular weight is 356 g/mol. The Balaban J connectivity index is 1.38. The van der Waals surface area contributed by atoms with Crippen molar-refractivity contribution in [2.75, 3.05) is 26.2 Å². The van der Waals surface area contributed by atoms with E-state index in [4.69, 9.17) is 0 Å². The van der Waals surface area contributed by atoms with Crippen LogP contribution in [-0.2, 0) is 14.4 Å². The van der Waals surface area contributed by atoms with Gasteiger partial charge in [-0.3, -0.25) is 14.4 Å². The fraction of sp³-hybridized carbons (Fsp3) is 0.667. The largest absolute Gasteiger partial charge is 0.374 e. The second-order valence-corrected chi connectivity index (χ2v) is 8.18. The van der Waals surface area contributed by atoms with E-state index in [2.05, 4.69) is 4.90 Å². The number of ketones is 2. The van der Waals surface area contributed by atoms with Crippen LogP contribution in [0.4, 0.5) is 0 Å². The van der Waals surface area contributed by atoms with E-state index in [1.54, 1.807) is 6.92 Å². The molecule has 0 bridgehead atoms. The molecule has 1 amide bonds. The molecule has 0 aromatic heterocycles. The lowest BCUT2D eigenvalue weighted by Gasteiger charge is -2.32. The van der Waals surface area contributed by atoms with E-state index in [1.807, 2.05) is 11.0 Å². The highest BCUT2D eigenvalue weighted by atomic mass is 16.2. The van der Waals surface area contributed by atoms with Crippen molar-refractivity contribution in [2.45, 2.75) is 51.9 Å². The second kappa shape index (κ2) is 7.01. The van der Waals surface area contributed by atoms with Crippen molar-refractivity contribution in [3.8, 4) is 0 Å². The van der Waals surface area contributed by atoms with Crippen LogP contribution in [0, 0.1) is 11.8 Å². The highest BCUT2D eigenvalue weighted by Crippen LogP contribution is 2.41. The molecule has 140 valence electrons. The minimum atomic E-state index is -0.0620. The molecule has 4 aliphatic rings. The number of allylic oxidation sites excluding steroid dienone is 4. The lowest BCUT2D eigenvalue weighted by atomic mass is 9.80. The molecular weight excluding hydrogens is 328 g/mol. The summed E-state index contributed by atoms with van der Waals surface area (Å²) in [4.78, 5) is 41.3. The summed E-state index contributed by atoms with van der Waals surface area (Å²) in [6, 6.07) is 0. The van der Waals surface area contributed by atoms with Crippen LogP contribution in [0.5, 0.6) is 0 Å². The molecule has 5 heteroatoms. The number of hydrogen-bond acceptors (Lipinski definition) is 4.